The van der Waals surface area contributed by atoms with E-state index in [-0.39, 0.29) is 10.5 Å². The number of nitrogens with one attached hydrogen (secondary N) is 2. The molecule has 6 heteroatoms. The van der Waals surface area contributed by atoms with Crippen LogP contribution in [0.2, 0.25) is 0 Å². The molecule has 0 amide bonds. The number of rotatable bonds is 2. The fraction of sp³-hybridized carbons (Fsp3) is 0. The van der Waals surface area contributed by atoms with Crippen LogP contribution in [0.3, 0.4) is 0 Å². The van der Waals surface area contributed by atoms with Crippen molar-refractivity contribution in [3.05, 3.63) is 64.6 Å². The molecule has 0 aliphatic rings. The number of nitrogen functional groups attached to an aromatic ring is 1. The summed E-state index contributed by atoms with van der Waals surface area (Å²) in [5.74, 6) is 0.237. The molecular formula is C15H13N5S. The number of benzene rings is 2. The molecule has 5 nitrogen and oxygen atoms in total. The molecule has 0 saturated carbocycles. The Kier molecular flexibility index (Phi) is 3.61. The van der Waals surface area contributed by atoms with E-state index in [9.17, 15) is 0 Å². The highest BCUT2D eigenvalue weighted by Gasteiger charge is 2.00. The Bertz CT molecular complexity index is 903. The van der Waals surface area contributed by atoms with Crippen molar-refractivity contribution in [1.82, 2.24) is 4.98 Å². The minimum Gasteiger partial charge on any atom is -0.382 e. The van der Waals surface area contributed by atoms with Gasteiger partial charge in [0, 0.05) is 0 Å². The molecule has 0 aliphatic carbocycles. The molecule has 0 aliphatic heterocycles. The van der Waals surface area contributed by atoms with Crippen molar-refractivity contribution < 1.29 is 0 Å². The maximum atomic E-state index is 8.14. The zero-order chi connectivity index (χ0) is 14.7. The van der Waals surface area contributed by atoms with Crippen LogP contribution >= 0.6 is 11.3 Å². The van der Waals surface area contributed by atoms with Gasteiger partial charge in [-0.2, -0.15) is 5.10 Å². The van der Waals surface area contributed by atoms with E-state index in [2.05, 4.69) is 15.5 Å². The molecule has 0 fully saturated rings. The molecule has 0 unspecified atom stereocenters. The van der Waals surface area contributed by atoms with Gasteiger partial charge >= 0.3 is 0 Å². The number of aromatic nitrogens is 1. The van der Waals surface area contributed by atoms with Crippen molar-refractivity contribution >= 4 is 33.1 Å². The number of fused-ring (bicyclic) bond motifs is 1. The van der Waals surface area contributed by atoms with E-state index < -0.39 is 0 Å². The summed E-state index contributed by atoms with van der Waals surface area (Å²) in [6.07, 6.45) is 0. The van der Waals surface area contributed by atoms with Gasteiger partial charge in [0.2, 0.25) is 0 Å². The maximum Gasteiger partial charge on any atom is 0.160 e. The van der Waals surface area contributed by atoms with E-state index in [1.54, 1.807) is 0 Å². The molecule has 4 N–H and O–H groups in total. The van der Waals surface area contributed by atoms with E-state index in [4.69, 9.17) is 11.1 Å². The fourth-order valence-corrected chi connectivity index (χ4v) is 2.67. The lowest BCUT2D eigenvalue weighted by Gasteiger charge is -1.97. The van der Waals surface area contributed by atoms with E-state index >= 15 is 0 Å². The van der Waals surface area contributed by atoms with Gasteiger partial charge in [-0.1, -0.05) is 30.3 Å². The average molecular weight is 295 g/mol. The standard InChI is InChI=1S/C15H13N5S/c16-14-13(20-19-10-6-2-1-3-7-10)15(17)21-12-9-5-4-8-11(12)18-14/h1-9,17,19H,(H2,16,18)/b17-15?,20-13-. The van der Waals surface area contributed by atoms with Crippen molar-refractivity contribution in [3.63, 3.8) is 0 Å². The number of hydrogen-bond acceptors (Lipinski definition) is 6. The molecule has 0 atom stereocenters. The summed E-state index contributed by atoms with van der Waals surface area (Å²) < 4.78 is 1.17. The number of anilines is 2. The number of para-hydroxylation sites is 2. The molecule has 1 aromatic heterocycles. The van der Waals surface area contributed by atoms with Crippen molar-refractivity contribution in [2.45, 2.75) is 0 Å². The van der Waals surface area contributed by atoms with Crippen LogP contribution < -0.4 is 21.2 Å². The summed E-state index contributed by atoms with van der Waals surface area (Å²) >= 11 is 1.30. The molecular weight excluding hydrogens is 282 g/mol. The van der Waals surface area contributed by atoms with Crippen molar-refractivity contribution in [2.75, 3.05) is 11.2 Å². The van der Waals surface area contributed by atoms with E-state index in [1.807, 2.05) is 54.6 Å². The molecule has 3 aromatic rings. The SMILES string of the molecule is N=c1sc2ccccc2nc(N)/c1=N/Nc1ccccc1. The topological polar surface area (TPSA) is 87.2 Å². The first-order valence-corrected chi connectivity index (χ1v) is 7.15. The van der Waals surface area contributed by atoms with Crippen molar-refractivity contribution in [1.29, 1.82) is 5.41 Å². The molecule has 1 heterocycles. The molecule has 0 radical (unpaired) electrons. The molecule has 0 bridgehead atoms. The zero-order valence-corrected chi connectivity index (χ0v) is 11.9. The second kappa shape index (κ2) is 5.72. The lowest BCUT2D eigenvalue weighted by Crippen LogP contribution is -2.25. The first kappa shape index (κ1) is 13.3. The third kappa shape index (κ3) is 2.90. The van der Waals surface area contributed by atoms with Crippen LogP contribution in [0.4, 0.5) is 11.5 Å². The van der Waals surface area contributed by atoms with Crippen LogP contribution in [0.1, 0.15) is 0 Å². The van der Waals surface area contributed by atoms with E-state index in [0.29, 0.717) is 5.36 Å². The summed E-state index contributed by atoms with van der Waals surface area (Å²) in [6, 6.07) is 17.1. The molecule has 0 spiro atoms. The Labute approximate surface area is 124 Å². The van der Waals surface area contributed by atoms with Gasteiger partial charge in [0.15, 0.2) is 11.2 Å². The van der Waals surface area contributed by atoms with E-state index in [0.717, 1.165) is 15.9 Å². The summed E-state index contributed by atoms with van der Waals surface area (Å²) in [6.45, 7) is 0. The highest BCUT2D eigenvalue weighted by Crippen LogP contribution is 2.11. The van der Waals surface area contributed by atoms with Crippen molar-refractivity contribution in [3.8, 4) is 0 Å². The first-order chi connectivity index (χ1) is 10.2. The van der Waals surface area contributed by atoms with Gasteiger partial charge in [-0.25, -0.2) is 4.98 Å². The average Bonchev–Trinajstić information content (AvgIpc) is 2.62. The number of nitrogens with two attached hydrogens (primary N) is 1. The molecule has 0 saturated heterocycles. The van der Waals surface area contributed by atoms with Gasteiger partial charge in [-0.15, -0.1) is 11.3 Å². The lowest BCUT2D eigenvalue weighted by molar-refractivity contribution is 1.15. The summed E-state index contributed by atoms with van der Waals surface area (Å²) in [5.41, 5.74) is 10.5. The monoisotopic (exact) mass is 295 g/mol. The fourth-order valence-electron chi connectivity index (χ4n) is 1.83. The van der Waals surface area contributed by atoms with Crippen LogP contribution in [0.25, 0.3) is 10.2 Å². The van der Waals surface area contributed by atoms with Crippen LogP contribution in [0.15, 0.2) is 59.7 Å². The van der Waals surface area contributed by atoms with Crippen LogP contribution in [0.5, 0.6) is 0 Å². The summed E-state index contributed by atoms with van der Waals surface area (Å²) in [4.78, 5) is 4.35. The normalized spacial score (nSPS) is 11.5. The van der Waals surface area contributed by atoms with Crippen LogP contribution in [-0.2, 0) is 0 Å². The van der Waals surface area contributed by atoms with Crippen LogP contribution in [0, 0.1) is 5.41 Å². The highest BCUT2D eigenvalue weighted by atomic mass is 32.1. The highest BCUT2D eigenvalue weighted by molar-refractivity contribution is 7.15. The minimum atomic E-state index is 0.237. The van der Waals surface area contributed by atoms with Gasteiger partial charge in [0.1, 0.15) is 4.67 Å². The van der Waals surface area contributed by atoms with Gasteiger partial charge in [-0.05, 0) is 24.3 Å². The predicted molar refractivity (Wildman–Crippen MR) is 85.5 cm³/mol. The largest absolute Gasteiger partial charge is 0.382 e. The van der Waals surface area contributed by atoms with E-state index in [1.165, 1.54) is 11.3 Å². The van der Waals surface area contributed by atoms with Crippen molar-refractivity contribution in [2.24, 2.45) is 5.10 Å². The molecule has 104 valence electrons. The molecule has 3 rings (SSSR count). The predicted octanol–water partition coefficient (Wildman–Crippen LogP) is 2.29. The Balaban J connectivity index is 2.16. The Morgan fingerprint density at radius 2 is 1.76 bits per heavy atom. The lowest BCUT2D eigenvalue weighted by atomic mass is 10.3. The van der Waals surface area contributed by atoms with Gasteiger partial charge in [-0.3, -0.25) is 10.8 Å². The summed E-state index contributed by atoms with van der Waals surface area (Å²) in [7, 11) is 0. The van der Waals surface area contributed by atoms with Gasteiger partial charge in [0.25, 0.3) is 0 Å². The minimum absolute atomic E-state index is 0.237. The number of hydrogen-bond donors (Lipinski definition) is 3. The molecule has 2 aromatic carbocycles. The Morgan fingerprint density at radius 1 is 1.05 bits per heavy atom. The molecule has 21 heavy (non-hydrogen) atoms. The summed E-state index contributed by atoms with van der Waals surface area (Å²) in [5, 5.41) is 12.7. The number of nitrogens with zero attached hydrogens (tertiary/aromatic N) is 2. The third-order valence-electron chi connectivity index (χ3n) is 2.85. The van der Waals surface area contributed by atoms with Gasteiger partial charge in [0.05, 0.1) is 15.9 Å². The quantitative estimate of drug-likeness (QED) is 0.634. The second-order valence-corrected chi connectivity index (χ2v) is 5.39. The maximum absolute atomic E-state index is 8.14. The smallest absolute Gasteiger partial charge is 0.160 e. The first-order valence-electron chi connectivity index (χ1n) is 6.33. The third-order valence-corrected chi connectivity index (χ3v) is 3.81. The second-order valence-electron chi connectivity index (χ2n) is 4.33. The van der Waals surface area contributed by atoms with Gasteiger partial charge < -0.3 is 5.73 Å². The Morgan fingerprint density at radius 3 is 2.57 bits per heavy atom. The zero-order valence-electron chi connectivity index (χ0n) is 11.1. The Hall–Kier alpha value is -2.73. The van der Waals surface area contributed by atoms with Crippen LogP contribution in [-0.4, -0.2) is 4.98 Å².